The average molecular weight is 204 g/mol. The summed E-state index contributed by atoms with van der Waals surface area (Å²) in [6, 6.07) is 9.18. The fraction of sp³-hybridized carbons (Fsp3) is 0.111. The van der Waals surface area contributed by atoms with Crippen LogP contribution in [0.2, 0.25) is 0 Å². The topological polar surface area (TPSA) is 69.9 Å². The number of ether oxygens (including phenoxy) is 1. The van der Waals surface area contributed by atoms with E-state index in [0.717, 1.165) is 5.69 Å². The number of hydrogen-bond acceptors (Lipinski definition) is 5. The van der Waals surface area contributed by atoms with E-state index < -0.39 is 5.97 Å². The summed E-state index contributed by atoms with van der Waals surface area (Å²) in [6.45, 7) is 0. The Bertz CT molecular complexity index is 466. The maximum absolute atomic E-state index is 11.1. The van der Waals surface area contributed by atoms with Crippen LogP contribution in [0.1, 0.15) is 10.6 Å². The predicted octanol–water partition coefficient (Wildman–Crippen LogP) is 0.449. The Morgan fingerprint density at radius 1 is 1.33 bits per heavy atom. The van der Waals surface area contributed by atoms with Gasteiger partial charge in [0.15, 0.2) is 0 Å². The van der Waals surface area contributed by atoms with Gasteiger partial charge in [-0.05, 0) is 17.3 Å². The quantitative estimate of drug-likeness (QED) is 0.664. The highest BCUT2D eigenvalue weighted by atomic mass is 16.5. The summed E-state index contributed by atoms with van der Waals surface area (Å²) in [6.07, 6.45) is 0. The minimum absolute atomic E-state index is 0.0543. The fourth-order valence-corrected chi connectivity index (χ4v) is 1.06. The van der Waals surface area contributed by atoms with Crippen LogP contribution >= 0.6 is 0 Å². The third kappa shape index (κ3) is 1.83. The fourth-order valence-electron chi connectivity index (χ4n) is 1.06. The molecule has 0 aliphatic heterocycles. The van der Waals surface area contributed by atoms with Crippen LogP contribution in [0.3, 0.4) is 0 Å². The van der Waals surface area contributed by atoms with Crippen LogP contribution in [0.25, 0.3) is 5.69 Å². The van der Waals surface area contributed by atoms with Crippen molar-refractivity contribution in [1.82, 2.24) is 20.2 Å². The van der Waals surface area contributed by atoms with E-state index in [4.69, 9.17) is 0 Å². The van der Waals surface area contributed by atoms with Gasteiger partial charge in [0, 0.05) is 0 Å². The van der Waals surface area contributed by atoms with Gasteiger partial charge in [0.1, 0.15) is 0 Å². The molecular weight excluding hydrogens is 196 g/mol. The molecule has 0 saturated carbocycles. The maximum Gasteiger partial charge on any atom is 0.379 e. The van der Waals surface area contributed by atoms with E-state index in [1.54, 1.807) is 0 Å². The smallest absolute Gasteiger partial charge is 0.379 e. The maximum atomic E-state index is 11.1. The minimum atomic E-state index is -0.600. The van der Waals surface area contributed by atoms with Crippen molar-refractivity contribution in [1.29, 1.82) is 0 Å². The lowest BCUT2D eigenvalue weighted by molar-refractivity contribution is 0.0586. The van der Waals surface area contributed by atoms with Crippen molar-refractivity contribution >= 4 is 5.97 Å². The summed E-state index contributed by atoms with van der Waals surface area (Å²) in [4.78, 5) is 12.3. The highest BCUT2D eigenvalue weighted by molar-refractivity contribution is 5.84. The lowest BCUT2D eigenvalue weighted by Crippen LogP contribution is -2.05. The standard InChI is InChI=1S/C9H8N4O2/c1-15-9(14)8-10-12-13(11-8)7-5-3-2-4-6-7/h2-6H,1H3. The van der Waals surface area contributed by atoms with Crippen LogP contribution in [-0.2, 0) is 4.74 Å². The van der Waals surface area contributed by atoms with Gasteiger partial charge >= 0.3 is 5.97 Å². The summed E-state index contributed by atoms with van der Waals surface area (Å²) in [5.41, 5.74) is 0.736. The van der Waals surface area contributed by atoms with E-state index in [2.05, 4.69) is 20.1 Å². The zero-order chi connectivity index (χ0) is 10.7. The first kappa shape index (κ1) is 9.32. The monoisotopic (exact) mass is 204 g/mol. The zero-order valence-electron chi connectivity index (χ0n) is 7.99. The van der Waals surface area contributed by atoms with Crippen LogP contribution in [-0.4, -0.2) is 33.3 Å². The van der Waals surface area contributed by atoms with Crippen molar-refractivity contribution in [2.24, 2.45) is 0 Å². The molecule has 0 saturated heterocycles. The van der Waals surface area contributed by atoms with Crippen LogP contribution in [0.5, 0.6) is 0 Å². The third-order valence-electron chi connectivity index (χ3n) is 1.77. The average Bonchev–Trinajstić information content (AvgIpc) is 2.78. The van der Waals surface area contributed by atoms with E-state index in [9.17, 15) is 4.79 Å². The SMILES string of the molecule is COC(=O)c1nnn(-c2ccccc2)n1. The summed E-state index contributed by atoms with van der Waals surface area (Å²) >= 11 is 0. The molecule has 1 aromatic carbocycles. The lowest BCUT2D eigenvalue weighted by Gasteiger charge is -1.95. The molecule has 6 nitrogen and oxygen atoms in total. The van der Waals surface area contributed by atoms with Crippen LogP contribution in [0.15, 0.2) is 30.3 Å². The molecule has 0 aliphatic rings. The van der Waals surface area contributed by atoms with Crippen molar-refractivity contribution < 1.29 is 9.53 Å². The molecule has 76 valence electrons. The second kappa shape index (κ2) is 3.87. The van der Waals surface area contributed by atoms with Crippen molar-refractivity contribution in [2.75, 3.05) is 7.11 Å². The third-order valence-corrected chi connectivity index (χ3v) is 1.77. The second-order valence-corrected chi connectivity index (χ2v) is 2.73. The van der Waals surface area contributed by atoms with E-state index in [1.807, 2.05) is 30.3 Å². The summed E-state index contributed by atoms with van der Waals surface area (Å²) in [7, 11) is 1.27. The first-order chi connectivity index (χ1) is 7.31. The number of aromatic nitrogens is 4. The molecule has 0 unspecified atom stereocenters. The van der Waals surface area contributed by atoms with Gasteiger partial charge < -0.3 is 4.74 Å². The minimum Gasteiger partial charge on any atom is -0.463 e. The highest BCUT2D eigenvalue weighted by Crippen LogP contribution is 2.02. The van der Waals surface area contributed by atoms with E-state index in [-0.39, 0.29) is 5.82 Å². The number of esters is 1. The van der Waals surface area contributed by atoms with Gasteiger partial charge in [0.25, 0.3) is 5.82 Å². The number of nitrogens with zero attached hydrogens (tertiary/aromatic N) is 4. The summed E-state index contributed by atoms with van der Waals surface area (Å²) in [5.74, 6) is -0.654. The van der Waals surface area contributed by atoms with E-state index in [0.29, 0.717) is 0 Å². The molecule has 0 spiro atoms. The van der Waals surface area contributed by atoms with Crippen molar-refractivity contribution in [2.45, 2.75) is 0 Å². The molecular formula is C9H8N4O2. The van der Waals surface area contributed by atoms with Gasteiger partial charge in [-0.3, -0.25) is 0 Å². The molecule has 0 N–H and O–H groups in total. The van der Waals surface area contributed by atoms with Crippen molar-refractivity contribution in [3.8, 4) is 5.69 Å². The molecule has 2 rings (SSSR count). The Kier molecular flexibility index (Phi) is 2.40. The van der Waals surface area contributed by atoms with Gasteiger partial charge in [0.2, 0.25) is 0 Å². The second-order valence-electron chi connectivity index (χ2n) is 2.73. The molecule has 6 heteroatoms. The molecule has 1 aromatic heterocycles. The Morgan fingerprint density at radius 2 is 2.07 bits per heavy atom. The molecule has 0 radical (unpaired) electrons. The molecule has 15 heavy (non-hydrogen) atoms. The number of methoxy groups -OCH3 is 1. The lowest BCUT2D eigenvalue weighted by atomic mass is 10.3. The number of tetrazole rings is 1. The van der Waals surface area contributed by atoms with E-state index in [1.165, 1.54) is 11.9 Å². The van der Waals surface area contributed by atoms with Crippen LogP contribution in [0.4, 0.5) is 0 Å². The van der Waals surface area contributed by atoms with Crippen molar-refractivity contribution in [3.05, 3.63) is 36.2 Å². The molecule has 0 bridgehead atoms. The van der Waals surface area contributed by atoms with Gasteiger partial charge in [-0.1, -0.05) is 18.2 Å². The van der Waals surface area contributed by atoms with Gasteiger partial charge in [-0.15, -0.1) is 15.0 Å². The Labute approximate surface area is 85.5 Å². The van der Waals surface area contributed by atoms with Gasteiger partial charge in [0.05, 0.1) is 12.8 Å². The van der Waals surface area contributed by atoms with Gasteiger partial charge in [-0.2, -0.15) is 0 Å². The first-order valence-corrected chi connectivity index (χ1v) is 4.25. The van der Waals surface area contributed by atoms with Crippen LogP contribution in [0, 0.1) is 0 Å². The molecule has 0 amide bonds. The predicted molar refractivity (Wildman–Crippen MR) is 50.5 cm³/mol. The number of para-hydroxylation sites is 1. The number of rotatable bonds is 2. The summed E-state index contributed by atoms with van der Waals surface area (Å²) in [5, 5.41) is 11.2. The molecule has 1 heterocycles. The highest BCUT2D eigenvalue weighted by Gasteiger charge is 2.12. The zero-order valence-corrected chi connectivity index (χ0v) is 7.99. The molecule has 2 aromatic rings. The Hall–Kier alpha value is -2.24. The van der Waals surface area contributed by atoms with E-state index >= 15 is 0 Å². The molecule has 0 aliphatic carbocycles. The molecule has 0 atom stereocenters. The number of carbonyl (C=O) groups excluding carboxylic acids is 1. The largest absolute Gasteiger partial charge is 0.463 e. The molecule has 0 fully saturated rings. The normalized spacial score (nSPS) is 9.93. The Morgan fingerprint density at radius 3 is 2.73 bits per heavy atom. The van der Waals surface area contributed by atoms with Crippen molar-refractivity contribution in [3.63, 3.8) is 0 Å². The van der Waals surface area contributed by atoms with Crippen LogP contribution < -0.4 is 0 Å². The first-order valence-electron chi connectivity index (χ1n) is 4.25. The van der Waals surface area contributed by atoms with Gasteiger partial charge in [-0.25, -0.2) is 4.79 Å². The summed E-state index contributed by atoms with van der Waals surface area (Å²) < 4.78 is 4.47. The number of hydrogen-bond donors (Lipinski definition) is 0. The number of benzene rings is 1. The number of carbonyl (C=O) groups is 1. The Balaban J connectivity index is 2.32.